The van der Waals surface area contributed by atoms with Crippen LogP contribution in [-0.4, -0.2) is 22.5 Å². The summed E-state index contributed by atoms with van der Waals surface area (Å²) in [6, 6.07) is 15.7. The van der Waals surface area contributed by atoms with Gasteiger partial charge in [-0.1, -0.05) is 66.9 Å². The highest BCUT2D eigenvalue weighted by Gasteiger charge is 2.11. The molecule has 2 rings (SSSR count). The number of unbranched alkanes of at least 4 members (excludes halogenated alkanes) is 2. The third-order valence-corrected chi connectivity index (χ3v) is 5.68. The van der Waals surface area contributed by atoms with Crippen LogP contribution in [-0.2, 0) is 23.9 Å². The second-order valence-electron chi connectivity index (χ2n) is 6.96. The minimum Gasteiger partial charge on any atom is -0.324 e. The van der Waals surface area contributed by atoms with Gasteiger partial charge in [-0.05, 0) is 61.4 Å². The Bertz CT molecular complexity index is 830. The van der Waals surface area contributed by atoms with Gasteiger partial charge in [-0.25, -0.2) is 0 Å². The summed E-state index contributed by atoms with van der Waals surface area (Å²) in [5.41, 5.74) is 2.74. The molecule has 0 heterocycles. The summed E-state index contributed by atoms with van der Waals surface area (Å²) >= 11 is 6.36. The Morgan fingerprint density at radius 3 is 2.43 bits per heavy atom. The van der Waals surface area contributed by atoms with Crippen LogP contribution in [0.5, 0.6) is 0 Å². The molecule has 0 bridgehead atoms. The van der Waals surface area contributed by atoms with Crippen molar-refractivity contribution in [2.75, 3.05) is 12.7 Å². The van der Waals surface area contributed by atoms with Gasteiger partial charge in [0.2, 0.25) is 0 Å². The highest BCUT2D eigenvalue weighted by atomic mass is 35.5. The molecule has 4 nitrogen and oxygen atoms in total. The van der Waals surface area contributed by atoms with Gasteiger partial charge < -0.3 is 15.1 Å². The molecule has 0 atom stereocenters. The maximum atomic E-state index is 10.8. The smallest absolute Gasteiger partial charge is 0.324 e. The van der Waals surface area contributed by atoms with Gasteiger partial charge in [0.15, 0.2) is 0 Å². The number of benzene rings is 2. The maximum absolute atomic E-state index is 10.8. The predicted octanol–water partition coefficient (Wildman–Crippen LogP) is 5.34. The molecule has 0 aliphatic carbocycles. The van der Waals surface area contributed by atoms with Crippen molar-refractivity contribution >= 4 is 19.2 Å². The van der Waals surface area contributed by atoms with Crippen LogP contribution in [0.2, 0.25) is 5.02 Å². The molecule has 0 radical (unpaired) electrons. The zero-order valence-corrected chi connectivity index (χ0v) is 17.8. The van der Waals surface area contributed by atoms with Crippen molar-refractivity contribution in [1.82, 2.24) is 5.32 Å². The van der Waals surface area contributed by atoms with E-state index in [9.17, 15) is 4.57 Å². The van der Waals surface area contributed by atoms with Gasteiger partial charge in [0.05, 0.1) is 6.16 Å². The Morgan fingerprint density at radius 2 is 1.71 bits per heavy atom. The number of nitrogens with one attached hydrogen (secondary N) is 1. The summed E-state index contributed by atoms with van der Waals surface area (Å²) in [6.45, 7) is 1.01. The largest absolute Gasteiger partial charge is 0.325 e. The summed E-state index contributed by atoms with van der Waals surface area (Å²) in [7, 11) is -3.94. The first kappa shape index (κ1) is 20.1. The second-order valence-corrected chi connectivity index (χ2v) is 9.14. The highest BCUT2D eigenvalue weighted by Crippen LogP contribution is 2.34. The van der Waals surface area contributed by atoms with E-state index in [1.165, 1.54) is 5.56 Å². The lowest BCUT2D eigenvalue weighted by Crippen LogP contribution is -2.15. The third-order valence-electron chi connectivity index (χ3n) is 4.47. The molecule has 154 valence electrons. The zero-order chi connectivity index (χ0) is 22.0. The normalized spacial score (nSPS) is 13.2. The first-order chi connectivity index (χ1) is 14.2. The van der Waals surface area contributed by atoms with E-state index in [1.54, 1.807) is 12.1 Å². The van der Waals surface area contributed by atoms with E-state index in [1.807, 2.05) is 24.3 Å². The molecule has 0 saturated heterocycles. The minimum absolute atomic E-state index is 0.134. The molecule has 28 heavy (non-hydrogen) atoms. The van der Waals surface area contributed by atoms with E-state index >= 15 is 0 Å². The number of hydrogen-bond acceptors (Lipinski definition) is 2. The summed E-state index contributed by atoms with van der Waals surface area (Å²) in [4.78, 5) is 17.7. The molecule has 0 unspecified atom stereocenters. The van der Waals surface area contributed by atoms with Crippen molar-refractivity contribution in [3.8, 4) is 0 Å². The van der Waals surface area contributed by atoms with Crippen LogP contribution < -0.4 is 5.32 Å². The first-order valence-corrected chi connectivity index (χ1v) is 11.9. The summed E-state index contributed by atoms with van der Waals surface area (Å²) in [5.74, 6) is 0. The quantitative estimate of drug-likeness (QED) is 0.299. The van der Waals surface area contributed by atoms with E-state index in [0.717, 1.165) is 31.2 Å². The molecular weight excluding hydrogens is 393 g/mol. The standard InChI is InChI=1S/C22H31ClNO3P/c23-22-17-20(18-24-15-8-16-28(25,26)27)13-14-21(22)12-7-2-1-4-9-19-10-5-3-6-11-19/h3,5-6,10-11,13-14,17,24H,1-2,4,7-9,12,15-16,18H2,(H2,25,26,27)/i12D2. The lowest BCUT2D eigenvalue weighted by molar-refractivity contribution is 0.371. The van der Waals surface area contributed by atoms with Crippen molar-refractivity contribution in [3.05, 3.63) is 70.2 Å². The zero-order valence-electron chi connectivity index (χ0n) is 18.1. The maximum Gasteiger partial charge on any atom is 0.325 e. The average molecular weight is 426 g/mol. The molecule has 3 N–H and O–H groups in total. The van der Waals surface area contributed by atoms with Crippen LogP contribution >= 0.6 is 19.2 Å². The lowest BCUT2D eigenvalue weighted by Gasteiger charge is -2.09. The first-order valence-electron chi connectivity index (χ1n) is 10.8. The second kappa shape index (κ2) is 12.4. The van der Waals surface area contributed by atoms with Crippen molar-refractivity contribution in [1.29, 1.82) is 0 Å². The van der Waals surface area contributed by atoms with E-state index < -0.39 is 14.0 Å². The summed E-state index contributed by atoms with van der Waals surface area (Å²) in [6.07, 6.45) is 3.05. The van der Waals surface area contributed by atoms with Gasteiger partial charge in [-0.3, -0.25) is 4.57 Å². The molecule has 0 fully saturated rings. The Hall–Kier alpha value is -1.16. The van der Waals surface area contributed by atoms with Crippen LogP contribution in [0.1, 0.15) is 51.5 Å². The molecule has 0 aliphatic rings. The van der Waals surface area contributed by atoms with Crippen molar-refractivity contribution in [3.63, 3.8) is 0 Å². The fourth-order valence-electron chi connectivity index (χ4n) is 2.95. The van der Waals surface area contributed by atoms with Crippen LogP contribution in [0.25, 0.3) is 0 Å². The molecule has 0 aliphatic heterocycles. The summed E-state index contributed by atoms with van der Waals surface area (Å²) in [5, 5.41) is 3.54. The van der Waals surface area contributed by atoms with Gasteiger partial charge in [-0.15, -0.1) is 0 Å². The highest BCUT2D eigenvalue weighted by molar-refractivity contribution is 7.51. The molecule has 2 aromatic carbocycles. The lowest BCUT2D eigenvalue weighted by atomic mass is 10.0. The van der Waals surface area contributed by atoms with Crippen molar-refractivity contribution < 1.29 is 17.1 Å². The van der Waals surface area contributed by atoms with Crippen LogP contribution in [0.15, 0.2) is 48.5 Å². The van der Waals surface area contributed by atoms with Gasteiger partial charge in [0, 0.05) is 14.3 Å². The molecular formula is C22H31ClNO3P. The number of hydrogen-bond donors (Lipinski definition) is 3. The van der Waals surface area contributed by atoms with Crippen molar-refractivity contribution in [2.45, 2.75) is 51.4 Å². The minimum atomic E-state index is -3.94. The van der Waals surface area contributed by atoms with Crippen molar-refractivity contribution in [2.24, 2.45) is 0 Å². The monoisotopic (exact) mass is 425 g/mol. The molecule has 0 amide bonds. The summed E-state index contributed by atoms with van der Waals surface area (Å²) < 4.78 is 27.7. The van der Waals surface area contributed by atoms with Crippen LogP contribution in [0, 0.1) is 0 Å². The molecule has 0 spiro atoms. The van der Waals surface area contributed by atoms with Gasteiger partial charge in [0.1, 0.15) is 0 Å². The van der Waals surface area contributed by atoms with E-state index in [4.69, 9.17) is 24.1 Å². The Kier molecular flexibility index (Phi) is 8.92. The van der Waals surface area contributed by atoms with Gasteiger partial charge in [0.25, 0.3) is 0 Å². The topological polar surface area (TPSA) is 69.6 Å². The van der Waals surface area contributed by atoms with Gasteiger partial charge >= 0.3 is 7.60 Å². The predicted molar refractivity (Wildman–Crippen MR) is 117 cm³/mol. The third kappa shape index (κ3) is 9.86. The fourth-order valence-corrected chi connectivity index (χ4v) is 3.79. The Morgan fingerprint density at radius 1 is 0.964 bits per heavy atom. The van der Waals surface area contributed by atoms with E-state index in [-0.39, 0.29) is 6.16 Å². The number of aryl methyl sites for hydroxylation is 2. The number of rotatable bonds is 13. The van der Waals surface area contributed by atoms with Crippen LogP contribution in [0.4, 0.5) is 0 Å². The SMILES string of the molecule is [2H]C([2H])(CCCCCc1ccccc1)c1ccc(CNCCCP(=O)(O)O)cc1Cl. The Labute approximate surface area is 176 Å². The molecule has 0 saturated carbocycles. The average Bonchev–Trinajstić information content (AvgIpc) is 2.67. The van der Waals surface area contributed by atoms with Crippen LogP contribution in [0.3, 0.4) is 0 Å². The number of halogens is 1. The Balaban J connectivity index is 1.75. The molecule has 0 aromatic heterocycles. The van der Waals surface area contributed by atoms with E-state index in [0.29, 0.717) is 36.5 Å². The fraction of sp³-hybridized carbons (Fsp3) is 0.455. The van der Waals surface area contributed by atoms with E-state index in [2.05, 4.69) is 17.4 Å². The van der Waals surface area contributed by atoms with Gasteiger partial charge in [-0.2, -0.15) is 0 Å². The molecule has 2 aromatic rings. The molecule has 6 heteroatoms.